The zero-order valence-corrected chi connectivity index (χ0v) is 17.0. The van der Waals surface area contributed by atoms with Crippen molar-refractivity contribution < 1.29 is 9.47 Å². The fraction of sp³-hybridized carbons (Fsp3) is 0.435. The smallest absolute Gasteiger partial charge is 0.208 e. The molecule has 0 radical (unpaired) electrons. The number of nitrogens with zero attached hydrogens (tertiary/aromatic N) is 4. The highest BCUT2D eigenvalue weighted by molar-refractivity contribution is 5.79. The van der Waals surface area contributed by atoms with Crippen LogP contribution in [0.3, 0.4) is 0 Å². The number of aromatic nitrogens is 2. The maximum atomic E-state index is 5.92. The normalized spacial score (nSPS) is 19.6. The molecule has 3 heterocycles. The third-order valence-electron chi connectivity index (χ3n) is 5.95. The Morgan fingerprint density at radius 2 is 1.97 bits per heavy atom. The summed E-state index contributed by atoms with van der Waals surface area (Å²) in [7, 11) is 1.71. The van der Waals surface area contributed by atoms with Crippen molar-refractivity contribution in [3.8, 4) is 5.75 Å². The van der Waals surface area contributed by atoms with Gasteiger partial charge in [-0.3, -0.25) is 9.47 Å². The van der Waals surface area contributed by atoms with E-state index in [-0.39, 0.29) is 0 Å². The first kappa shape index (κ1) is 18.5. The fourth-order valence-corrected chi connectivity index (χ4v) is 4.39. The average molecular weight is 393 g/mol. The van der Waals surface area contributed by atoms with E-state index in [1.807, 2.05) is 12.1 Å². The van der Waals surface area contributed by atoms with Crippen molar-refractivity contribution in [2.24, 2.45) is 0 Å². The van der Waals surface area contributed by atoms with Crippen molar-refractivity contribution in [1.29, 1.82) is 0 Å². The molecule has 0 bridgehead atoms. The number of anilines is 1. The Morgan fingerprint density at radius 1 is 1.10 bits per heavy atom. The topological polar surface area (TPSA) is 42.8 Å². The molecule has 1 saturated heterocycles. The van der Waals surface area contributed by atoms with E-state index in [4.69, 9.17) is 14.5 Å². The van der Waals surface area contributed by atoms with Gasteiger partial charge in [-0.2, -0.15) is 0 Å². The Hall–Kier alpha value is -2.57. The molecular weight excluding hydrogens is 364 g/mol. The van der Waals surface area contributed by atoms with Gasteiger partial charge in [0.2, 0.25) is 5.95 Å². The predicted molar refractivity (Wildman–Crippen MR) is 114 cm³/mol. The largest absolute Gasteiger partial charge is 0.497 e. The quantitative estimate of drug-likeness (QED) is 0.642. The number of ether oxygens (including phenoxy) is 2. The number of para-hydroxylation sites is 2. The van der Waals surface area contributed by atoms with Gasteiger partial charge < -0.3 is 14.4 Å². The zero-order valence-electron chi connectivity index (χ0n) is 17.0. The van der Waals surface area contributed by atoms with Crippen LogP contribution in [-0.4, -0.2) is 54.0 Å². The Labute approximate surface area is 171 Å². The molecule has 0 N–H and O–H groups in total. The Bertz CT molecular complexity index is 963. The van der Waals surface area contributed by atoms with Crippen molar-refractivity contribution in [2.75, 3.05) is 38.4 Å². The highest BCUT2D eigenvalue weighted by atomic mass is 16.5. The van der Waals surface area contributed by atoms with Gasteiger partial charge in [0.25, 0.3) is 0 Å². The van der Waals surface area contributed by atoms with Gasteiger partial charge in [-0.05, 0) is 49.1 Å². The van der Waals surface area contributed by atoms with E-state index in [1.54, 1.807) is 7.11 Å². The van der Waals surface area contributed by atoms with Crippen LogP contribution in [0.2, 0.25) is 0 Å². The summed E-state index contributed by atoms with van der Waals surface area (Å²) < 4.78 is 13.5. The monoisotopic (exact) mass is 392 g/mol. The third kappa shape index (κ3) is 3.82. The van der Waals surface area contributed by atoms with Crippen LogP contribution in [-0.2, 0) is 17.8 Å². The number of fused-ring (bicyclic) bond motifs is 3. The number of hydrogen-bond donors (Lipinski definition) is 0. The minimum Gasteiger partial charge on any atom is -0.497 e. The van der Waals surface area contributed by atoms with Gasteiger partial charge in [0.15, 0.2) is 0 Å². The lowest BCUT2D eigenvalue weighted by atomic mass is 10.1. The van der Waals surface area contributed by atoms with Gasteiger partial charge in [0.1, 0.15) is 5.75 Å². The minimum atomic E-state index is 0.310. The molecule has 0 spiro atoms. The minimum absolute atomic E-state index is 0.310. The number of rotatable bonds is 6. The van der Waals surface area contributed by atoms with E-state index in [0.717, 1.165) is 69.5 Å². The summed E-state index contributed by atoms with van der Waals surface area (Å²) >= 11 is 0. The highest BCUT2D eigenvalue weighted by Crippen LogP contribution is 2.28. The average Bonchev–Trinajstić information content (AvgIpc) is 3.40. The van der Waals surface area contributed by atoms with Crippen LogP contribution in [0.25, 0.3) is 11.0 Å². The summed E-state index contributed by atoms with van der Waals surface area (Å²) in [4.78, 5) is 9.84. The number of methoxy groups -OCH3 is 1. The van der Waals surface area contributed by atoms with Crippen LogP contribution in [0, 0.1) is 0 Å². The molecular formula is C23H28N4O2. The van der Waals surface area contributed by atoms with E-state index in [0.29, 0.717) is 6.10 Å². The van der Waals surface area contributed by atoms with Gasteiger partial charge >= 0.3 is 0 Å². The van der Waals surface area contributed by atoms with Crippen molar-refractivity contribution in [3.63, 3.8) is 0 Å². The summed E-state index contributed by atoms with van der Waals surface area (Å²) in [6.45, 7) is 4.55. The lowest BCUT2D eigenvalue weighted by Crippen LogP contribution is -2.48. The van der Waals surface area contributed by atoms with Crippen LogP contribution in [0.5, 0.6) is 5.75 Å². The molecule has 0 amide bonds. The summed E-state index contributed by atoms with van der Waals surface area (Å²) in [5.74, 6) is 1.98. The molecule has 5 rings (SSSR count). The van der Waals surface area contributed by atoms with Crippen LogP contribution < -0.4 is 9.64 Å². The SMILES string of the molecule is COc1ccc(CCN2CN(C[C@H]3CCCO3)c3nc4ccccc4n3C2)cc1. The van der Waals surface area contributed by atoms with Crippen molar-refractivity contribution in [1.82, 2.24) is 14.5 Å². The van der Waals surface area contributed by atoms with E-state index in [2.05, 4.69) is 50.8 Å². The van der Waals surface area contributed by atoms with Gasteiger partial charge in [-0.1, -0.05) is 24.3 Å². The second-order valence-corrected chi connectivity index (χ2v) is 7.96. The lowest BCUT2D eigenvalue weighted by molar-refractivity contribution is 0.107. The molecule has 2 aliphatic rings. The predicted octanol–water partition coefficient (Wildman–Crippen LogP) is 3.50. The van der Waals surface area contributed by atoms with Gasteiger partial charge in [0, 0.05) is 19.7 Å². The molecule has 3 aromatic rings. The standard InChI is InChI=1S/C23H28N4O2/c1-28-19-10-8-18(9-11-19)12-13-25-16-26(15-20-5-4-14-29-20)23-24-21-6-2-3-7-22(21)27(23)17-25/h2-3,6-11,20H,4-5,12-17H2,1H3/t20-/m1/s1. The van der Waals surface area contributed by atoms with Crippen molar-refractivity contribution >= 4 is 17.0 Å². The fourth-order valence-electron chi connectivity index (χ4n) is 4.39. The lowest BCUT2D eigenvalue weighted by Gasteiger charge is -2.38. The van der Waals surface area contributed by atoms with E-state index < -0.39 is 0 Å². The molecule has 6 nitrogen and oxygen atoms in total. The third-order valence-corrected chi connectivity index (χ3v) is 5.95. The van der Waals surface area contributed by atoms with E-state index in [1.165, 1.54) is 11.1 Å². The number of hydrogen-bond acceptors (Lipinski definition) is 5. The molecule has 1 fully saturated rings. The van der Waals surface area contributed by atoms with Gasteiger partial charge in [-0.15, -0.1) is 0 Å². The molecule has 0 unspecified atom stereocenters. The summed E-state index contributed by atoms with van der Waals surface area (Å²) in [5.41, 5.74) is 3.60. The molecule has 0 aliphatic carbocycles. The van der Waals surface area contributed by atoms with Crippen LogP contribution in [0.4, 0.5) is 5.95 Å². The van der Waals surface area contributed by atoms with Crippen LogP contribution in [0.1, 0.15) is 18.4 Å². The van der Waals surface area contributed by atoms with Crippen molar-refractivity contribution in [3.05, 3.63) is 54.1 Å². The molecule has 1 atom stereocenters. The van der Waals surface area contributed by atoms with E-state index in [9.17, 15) is 0 Å². The Kier molecular flexibility index (Phi) is 5.12. The Balaban J connectivity index is 1.36. The first-order valence-electron chi connectivity index (χ1n) is 10.5. The molecule has 2 aliphatic heterocycles. The zero-order chi connectivity index (χ0) is 19.6. The Morgan fingerprint density at radius 3 is 2.76 bits per heavy atom. The molecule has 29 heavy (non-hydrogen) atoms. The summed E-state index contributed by atoms with van der Waals surface area (Å²) in [6, 6.07) is 16.8. The van der Waals surface area contributed by atoms with Crippen LogP contribution >= 0.6 is 0 Å². The van der Waals surface area contributed by atoms with Gasteiger partial charge in [0.05, 0.1) is 37.6 Å². The first-order chi connectivity index (χ1) is 14.3. The number of imidazole rings is 1. The maximum absolute atomic E-state index is 5.92. The van der Waals surface area contributed by atoms with E-state index >= 15 is 0 Å². The number of benzene rings is 2. The maximum Gasteiger partial charge on any atom is 0.208 e. The molecule has 1 aromatic heterocycles. The summed E-state index contributed by atoms with van der Waals surface area (Å²) in [6.07, 6.45) is 3.63. The molecule has 152 valence electrons. The van der Waals surface area contributed by atoms with Crippen LogP contribution in [0.15, 0.2) is 48.5 Å². The van der Waals surface area contributed by atoms with Crippen molar-refractivity contribution in [2.45, 2.75) is 32.0 Å². The molecule has 2 aromatic carbocycles. The van der Waals surface area contributed by atoms with Gasteiger partial charge in [-0.25, -0.2) is 4.98 Å². The second-order valence-electron chi connectivity index (χ2n) is 7.96. The molecule has 0 saturated carbocycles. The summed E-state index contributed by atoms with van der Waals surface area (Å²) in [5, 5.41) is 0. The highest BCUT2D eigenvalue weighted by Gasteiger charge is 2.29. The molecule has 6 heteroatoms. The first-order valence-corrected chi connectivity index (χ1v) is 10.5. The second kappa shape index (κ2) is 8.05.